The van der Waals surface area contributed by atoms with Gasteiger partial charge in [-0.25, -0.2) is 4.98 Å². The van der Waals surface area contributed by atoms with Crippen LogP contribution in [-0.4, -0.2) is 22.6 Å². The molecule has 0 saturated heterocycles. The predicted octanol–water partition coefficient (Wildman–Crippen LogP) is 2.75. The molecule has 2 rings (SSSR count). The molecule has 0 aliphatic heterocycles. The number of nitrogens with one attached hydrogen (secondary N) is 1. The van der Waals surface area contributed by atoms with E-state index in [0.29, 0.717) is 11.3 Å². The van der Waals surface area contributed by atoms with E-state index in [9.17, 15) is 4.79 Å². The number of aliphatic hydroxyl groups excluding tert-OH is 1. The molecule has 0 aliphatic carbocycles. The number of anilines is 1. The smallest absolute Gasteiger partial charge is 0.267 e. The number of thiazole rings is 1. The Labute approximate surface area is 127 Å². The zero-order chi connectivity index (χ0) is 15.2. The van der Waals surface area contributed by atoms with Gasteiger partial charge in [0.1, 0.15) is 4.88 Å². The number of aliphatic hydroxyl groups is 1. The Hall–Kier alpha value is -2.16. The van der Waals surface area contributed by atoms with E-state index in [1.54, 1.807) is 6.20 Å². The van der Waals surface area contributed by atoms with Gasteiger partial charge in [0.05, 0.1) is 17.8 Å². The van der Waals surface area contributed by atoms with Crippen LogP contribution in [0.5, 0.6) is 0 Å². The van der Waals surface area contributed by atoms with Crippen LogP contribution in [-0.2, 0) is 0 Å². The molecular formula is C16H16N2O2S. The fraction of sp³-hybridized carbons (Fsp3) is 0.250. The zero-order valence-electron chi connectivity index (χ0n) is 11.9. The van der Waals surface area contributed by atoms with E-state index in [0.717, 1.165) is 21.8 Å². The van der Waals surface area contributed by atoms with Gasteiger partial charge in [0.2, 0.25) is 0 Å². The Morgan fingerprint density at radius 3 is 2.90 bits per heavy atom. The summed E-state index contributed by atoms with van der Waals surface area (Å²) in [5, 5.41) is 12.5. The predicted molar refractivity (Wildman–Crippen MR) is 84.6 cm³/mol. The summed E-state index contributed by atoms with van der Waals surface area (Å²) < 4.78 is 0. The first-order chi connectivity index (χ1) is 10.1. The van der Waals surface area contributed by atoms with E-state index in [2.05, 4.69) is 22.1 Å². The van der Waals surface area contributed by atoms with E-state index in [4.69, 9.17) is 5.11 Å². The second-order valence-corrected chi connectivity index (χ2v) is 5.74. The van der Waals surface area contributed by atoms with Gasteiger partial charge >= 0.3 is 0 Å². The van der Waals surface area contributed by atoms with Gasteiger partial charge in [-0.2, -0.15) is 0 Å². The SMILES string of the molecule is Cc1ncc(C(=O)Nc2cc(C#CCCO)ccc2C)s1. The molecule has 1 heterocycles. The Bertz CT molecular complexity index is 711. The Balaban J connectivity index is 2.17. The van der Waals surface area contributed by atoms with Crippen LogP contribution in [0.25, 0.3) is 0 Å². The first-order valence-electron chi connectivity index (χ1n) is 6.54. The van der Waals surface area contributed by atoms with Crippen LogP contribution in [0, 0.1) is 25.7 Å². The maximum atomic E-state index is 12.1. The summed E-state index contributed by atoms with van der Waals surface area (Å²) in [6, 6.07) is 5.65. The van der Waals surface area contributed by atoms with Gasteiger partial charge in [-0.3, -0.25) is 4.79 Å². The molecule has 0 unspecified atom stereocenters. The van der Waals surface area contributed by atoms with Crippen LogP contribution in [0.15, 0.2) is 24.4 Å². The summed E-state index contributed by atoms with van der Waals surface area (Å²) in [6.45, 7) is 3.84. The van der Waals surface area contributed by atoms with Gasteiger partial charge in [0, 0.05) is 17.7 Å². The monoisotopic (exact) mass is 300 g/mol. The molecule has 4 nitrogen and oxygen atoms in total. The highest BCUT2D eigenvalue weighted by Crippen LogP contribution is 2.19. The van der Waals surface area contributed by atoms with Crippen LogP contribution in [0.3, 0.4) is 0 Å². The van der Waals surface area contributed by atoms with E-state index in [1.165, 1.54) is 11.3 Å². The minimum atomic E-state index is -0.163. The number of hydrogen-bond acceptors (Lipinski definition) is 4. The van der Waals surface area contributed by atoms with Gasteiger partial charge in [-0.1, -0.05) is 17.9 Å². The molecule has 0 spiro atoms. The molecule has 108 valence electrons. The molecule has 0 atom stereocenters. The molecule has 0 bridgehead atoms. The van der Waals surface area contributed by atoms with Crippen LogP contribution in [0.1, 0.15) is 32.2 Å². The van der Waals surface area contributed by atoms with Crippen molar-refractivity contribution in [3.8, 4) is 11.8 Å². The number of benzene rings is 1. The number of aromatic nitrogens is 1. The molecule has 1 amide bonds. The quantitative estimate of drug-likeness (QED) is 0.857. The molecule has 21 heavy (non-hydrogen) atoms. The summed E-state index contributed by atoms with van der Waals surface area (Å²) >= 11 is 1.36. The molecule has 0 fully saturated rings. The number of carbonyl (C=O) groups is 1. The lowest BCUT2D eigenvalue weighted by Crippen LogP contribution is -2.11. The highest BCUT2D eigenvalue weighted by atomic mass is 32.1. The van der Waals surface area contributed by atoms with Crippen molar-refractivity contribution < 1.29 is 9.90 Å². The van der Waals surface area contributed by atoms with Gasteiger partial charge in [-0.05, 0) is 31.5 Å². The second kappa shape index (κ2) is 7.02. The molecule has 2 N–H and O–H groups in total. The Morgan fingerprint density at radius 2 is 2.24 bits per heavy atom. The third-order valence-electron chi connectivity index (χ3n) is 2.80. The fourth-order valence-corrected chi connectivity index (χ4v) is 2.38. The molecule has 0 saturated carbocycles. The van der Waals surface area contributed by atoms with E-state index in [1.807, 2.05) is 32.0 Å². The number of rotatable bonds is 3. The minimum absolute atomic E-state index is 0.0488. The third-order valence-corrected chi connectivity index (χ3v) is 3.71. The maximum absolute atomic E-state index is 12.1. The van der Waals surface area contributed by atoms with Gasteiger partial charge < -0.3 is 10.4 Å². The van der Waals surface area contributed by atoms with Crippen molar-refractivity contribution in [2.75, 3.05) is 11.9 Å². The lowest BCUT2D eigenvalue weighted by Gasteiger charge is -2.07. The molecule has 1 aromatic heterocycles. The van der Waals surface area contributed by atoms with Gasteiger partial charge in [0.25, 0.3) is 5.91 Å². The summed E-state index contributed by atoms with van der Waals surface area (Å²) in [5.41, 5.74) is 2.52. The van der Waals surface area contributed by atoms with Crippen molar-refractivity contribution in [2.45, 2.75) is 20.3 Å². The van der Waals surface area contributed by atoms with Crippen LogP contribution in [0.4, 0.5) is 5.69 Å². The van der Waals surface area contributed by atoms with Crippen molar-refractivity contribution in [3.63, 3.8) is 0 Å². The van der Waals surface area contributed by atoms with Crippen LogP contribution in [0.2, 0.25) is 0 Å². The summed E-state index contributed by atoms with van der Waals surface area (Å²) in [7, 11) is 0. The molecule has 2 aromatic rings. The summed E-state index contributed by atoms with van der Waals surface area (Å²) in [6.07, 6.45) is 2.02. The lowest BCUT2D eigenvalue weighted by atomic mass is 10.1. The van der Waals surface area contributed by atoms with Crippen molar-refractivity contribution >= 4 is 22.9 Å². The largest absolute Gasteiger partial charge is 0.395 e. The number of carbonyl (C=O) groups excluding carboxylic acids is 1. The van der Waals surface area contributed by atoms with Crippen molar-refractivity contribution in [1.82, 2.24) is 4.98 Å². The summed E-state index contributed by atoms with van der Waals surface area (Å²) in [5.74, 6) is 5.66. The number of aryl methyl sites for hydroxylation is 2. The first-order valence-corrected chi connectivity index (χ1v) is 7.36. The molecule has 1 aromatic carbocycles. The number of hydrogen-bond donors (Lipinski definition) is 2. The maximum Gasteiger partial charge on any atom is 0.267 e. The van der Waals surface area contributed by atoms with E-state index < -0.39 is 0 Å². The van der Waals surface area contributed by atoms with Crippen LogP contribution >= 0.6 is 11.3 Å². The van der Waals surface area contributed by atoms with Gasteiger partial charge in [-0.15, -0.1) is 11.3 Å². The zero-order valence-corrected chi connectivity index (χ0v) is 12.8. The summed E-state index contributed by atoms with van der Waals surface area (Å²) in [4.78, 5) is 16.8. The topological polar surface area (TPSA) is 62.2 Å². The molecule has 0 radical (unpaired) electrons. The van der Waals surface area contributed by atoms with E-state index >= 15 is 0 Å². The highest BCUT2D eigenvalue weighted by molar-refractivity contribution is 7.13. The minimum Gasteiger partial charge on any atom is -0.395 e. The number of nitrogens with zero attached hydrogens (tertiary/aromatic N) is 1. The second-order valence-electron chi connectivity index (χ2n) is 4.50. The molecule has 5 heteroatoms. The lowest BCUT2D eigenvalue weighted by molar-refractivity contribution is 0.103. The Kier molecular flexibility index (Phi) is 5.09. The van der Waals surface area contributed by atoms with E-state index in [-0.39, 0.29) is 12.5 Å². The third kappa shape index (κ3) is 4.15. The normalized spacial score (nSPS) is 9.86. The highest BCUT2D eigenvalue weighted by Gasteiger charge is 2.10. The van der Waals surface area contributed by atoms with Crippen molar-refractivity contribution in [2.24, 2.45) is 0 Å². The first kappa shape index (κ1) is 15.2. The Morgan fingerprint density at radius 1 is 1.43 bits per heavy atom. The van der Waals surface area contributed by atoms with Crippen molar-refractivity contribution in [1.29, 1.82) is 0 Å². The standard InChI is InChI=1S/C16H16N2O2S/c1-11-6-7-13(5-3-4-8-19)9-14(11)18-16(20)15-10-17-12(2)21-15/h6-7,9-10,19H,4,8H2,1-2H3,(H,18,20). The average molecular weight is 300 g/mol. The molecular weight excluding hydrogens is 284 g/mol. The van der Waals surface area contributed by atoms with Crippen LogP contribution < -0.4 is 5.32 Å². The average Bonchev–Trinajstić information content (AvgIpc) is 2.89. The van der Waals surface area contributed by atoms with Crippen molar-refractivity contribution in [3.05, 3.63) is 45.4 Å². The molecule has 0 aliphatic rings. The fourth-order valence-electron chi connectivity index (χ4n) is 1.71. The van der Waals surface area contributed by atoms with Gasteiger partial charge in [0.15, 0.2) is 0 Å². The number of amides is 1.